The van der Waals surface area contributed by atoms with Gasteiger partial charge in [0.2, 0.25) is 0 Å². The molecular formula is C15H22N2. The maximum Gasteiger partial charge on any atom is 0.0142 e. The fourth-order valence-corrected chi connectivity index (χ4v) is 3.79. The number of hydrogen-bond donors (Lipinski definition) is 1. The zero-order chi connectivity index (χ0) is 11.8. The van der Waals surface area contributed by atoms with Gasteiger partial charge >= 0.3 is 0 Å². The van der Waals surface area contributed by atoms with Gasteiger partial charge < -0.3 is 10.6 Å². The number of nitrogens with two attached hydrogens (primary N) is 1. The molecule has 17 heavy (non-hydrogen) atoms. The number of nitrogens with zero attached hydrogens (tertiary/aromatic N) is 1. The molecule has 0 unspecified atom stereocenters. The van der Waals surface area contributed by atoms with Gasteiger partial charge in [-0.3, -0.25) is 0 Å². The topological polar surface area (TPSA) is 29.3 Å². The zero-order valence-corrected chi connectivity index (χ0v) is 10.5. The molecule has 0 aromatic heterocycles. The molecule has 2 saturated heterocycles. The van der Waals surface area contributed by atoms with Gasteiger partial charge in [0.15, 0.2) is 0 Å². The van der Waals surface area contributed by atoms with E-state index in [0.717, 1.165) is 12.5 Å². The van der Waals surface area contributed by atoms with Crippen LogP contribution in [0.1, 0.15) is 24.8 Å². The van der Waals surface area contributed by atoms with Crippen LogP contribution in [0.5, 0.6) is 0 Å². The van der Waals surface area contributed by atoms with Gasteiger partial charge in [-0.2, -0.15) is 0 Å². The summed E-state index contributed by atoms with van der Waals surface area (Å²) < 4.78 is 0. The first-order chi connectivity index (χ1) is 8.25. The molecule has 0 radical (unpaired) electrons. The van der Waals surface area contributed by atoms with Crippen molar-refractivity contribution in [2.24, 2.45) is 11.7 Å². The predicted octanol–water partition coefficient (Wildman–Crippen LogP) is 2.04. The molecule has 2 aliphatic heterocycles. The predicted molar refractivity (Wildman–Crippen MR) is 70.8 cm³/mol. The van der Waals surface area contributed by atoms with Crippen molar-refractivity contribution in [1.29, 1.82) is 0 Å². The van der Waals surface area contributed by atoms with E-state index in [1.54, 1.807) is 0 Å². The Morgan fingerprint density at radius 2 is 2.00 bits per heavy atom. The van der Waals surface area contributed by atoms with Gasteiger partial charge in [-0.05, 0) is 44.2 Å². The fourth-order valence-electron chi connectivity index (χ4n) is 3.79. The normalized spacial score (nSPS) is 37.3. The van der Waals surface area contributed by atoms with Crippen LogP contribution in [0.3, 0.4) is 0 Å². The molecule has 0 aliphatic carbocycles. The molecule has 4 atom stereocenters. The smallest absolute Gasteiger partial charge is 0.0142 e. The molecule has 2 bridgehead atoms. The molecule has 2 heteroatoms. The van der Waals surface area contributed by atoms with E-state index in [4.69, 9.17) is 5.73 Å². The summed E-state index contributed by atoms with van der Waals surface area (Å²) in [7, 11) is 2.28. The lowest BCUT2D eigenvalue weighted by Gasteiger charge is -2.41. The number of benzene rings is 1. The van der Waals surface area contributed by atoms with E-state index in [0.29, 0.717) is 18.0 Å². The van der Waals surface area contributed by atoms with E-state index >= 15 is 0 Å². The minimum Gasteiger partial charge on any atom is -0.327 e. The average molecular weight is 230 g/mol. The molecule has 0 amide bonds. The van der Waals surface area contributed by atoms with Crippen molar-refractivity contribution in [3.8, 4) is 0 Å². The van der Waals surface area contributed by atoms with Crippen LogP contribution in [-0.4, -0.2) is 30.1 Å². The van der Waals surface area contributed by atoms with Crippen molar-refractivity contribution in [3.05, 3.63) is 35.9 Å². The number of hydrogen-bond acceptors (Lipinski definition) is 2. The number of piperidine rings is 1. The van der Waals surface area contributed by atoms with Crippen molar-refractivity contribution in [2.75, 3.05) is 7.05 Å². The molecule has 2 aliphatic rings. The van der Waals surface area contributed by atoms with E-state index in [-0.39, 0.29) is 0 Å². The van der Waals surface area contributed by atoms with Crippen molar-refractivity contribution in [2.45, 2.75) is 43.8 Å². The van der Waals surface area contributed by atoms with E-state index in [2.05, 4.69) is 42.3 Å². The summed E-state index contributed by atoms with van der Waals surface area (Å²) in [6.07, 6.45) is 5.01. The summed E-state index contributed by atoms with van der Waals surface area (Å²) in [6, 6.07) is 12.7. The lowest BCUT2D eigenvalue weighted by molar-refractivity contribution is 0.102. The molecule has 2 fully saturated rings. The monoisotopic (exact) mass is 230 g/mol. The molecule has 1 aromatic carbocycles. The van der Waals surface area contributed by atoms with E-state index < -0.39 is 0 Å². The Labute approximate surface area is 104 Å². The molecule has 3 rings (SSSR count). The Hall–Kier alpha value is -0.860. The second kappa shape index (κ2) is 4.43. The standard InChI is InChI=1S/C15H22N2/c1-17-12-7-8-15(17)13(14(16)10-12)9-11-5-3-2-4-6-11/h2-6,12-15H,7-10,16H2,1H3/t12-,13+,14+,15-/m0/s1. The highest BCUT2D eigenvalue weighted by Crippen LogP contribution is 2.38. The zero-order valence-electron chi connectivity index (χ0n) is 10.5. The molecule has 0 spiro atoms. The average Bonchev–Trinajstić information content (AvgIpc) is 2.59. The van der Waals surface area contributed by atoms with Crippen LogP contribution in [0.25, 0.3) is 0 Å². The first-order valence-corrected chi connectivity index (χ1v) is 6.77. The lowest BCUT2D eigenvalue weighted by atomic mass is 9.82. The third kappa shape index (κ3) is 2.00. The summed E-state index contributed by atoms with van der Waals surface area (Å²) in [5.41, 5.74) is 7.82. The highest BCUT2D eigenvalue weighted by Gasteiger charge is 2.43. The first kappa shape index (κ1) is 11.2. The van der Waals surface area contributed by atoms with Crippen molar-refractivity contribution in [3.63, 3.8) is 0 Å². The molecule has 2 heterocycles. The van der Waals surface area contributed by atoms with Gasteiger partial charge in [-0.25, -0.2) is 0 Å². The van der Waals surface area contributed by atoms with Crippen LogP contribution in [0.4, 0.5) is 0 Å². The SMILES string of the molecule is CN1[C@H]2CC[C@H]1[C@H](Cc1ccccc1)[C@H](N)C2. The second-order valence-electron chi connectivity index (χ2n) is 5.72. The van der Waals surface area contributed by atoms with Crippen molar-refractivity contribution >= 4 is 0 Å². The largest absolute Gasteiger partial charge is 0.327 e. The maximum atomic E-state index is 6.38. The van der Waals surface area contributed by atoms with Gasteiger partial charge in [-0.1, -0.05) is 30.3 Å². The Bertz CT molecular complexity index is 376. The molecule has 1 aromatic rings. The minimum absolute atomic E-state index is 0.393. The number of fused-ring (bicyclic) bond motifs is 2. The van der Waals surface area contributed by atoms with Crippen molar-refractivity contribution in [1.82, 2.24) is 4.90 Å². The molecule has 2 N–H and O–H groups in total. The fraction of sp³-hybridized carbons (Fsp3) is 0.600. The first-order valence-electron chi connectivity index (χ1n) is 6.77. The molecule has 92 valence electrons. The van der Waals surface area contributed by atoms with Crippen LogP contribution in [0.15, 0.2) is 30.3 Å². The highest BCUT2D eigenvalue weighted by molar-refractivity contribution is 5.17. The summed E-state index contributed by atoms with van der Waals surface area (Å²) in [4.78, 5) is 2.58. The maximum absolute atomic E-state index is 6.38. The minimum atomic E-state index is 0.393. The summed E-state index contributed by atoms with van der Waals surface area (Å²) in [5.74, 6) is 0.640. The van der Waals surface area contributed by atoms with Crippen LogP contribution in [0.2, 0.25) is 0 Å². The van der Waals surface area contributed by atoms with Gasteiger partial charge in [0.05, 0.1) is 0 Å². The Morgan fingerprint density at radius 1 is 1.24 bits per heavy atom. The molecular weight excluding hydrogens is 208 g/mol. The van der Waals surface area contributed by atoms with E-state index in [1.807, 2.05) is 0 Å². The summed E-state index contributed by atoms with van der Waals surface area (Å²) in [6.45, 7) is 0. The van der Waals surface area contributed by atoms with Crippen LogP contribution < -0.4 is 5.73 Å². The lowest BCUT2D eigenvalue weighted by Crippen LogP contribution is -2.52. The van der Waals surface area contributed by atoms with Crippen molar-refractivity contribution < 1.29 is 0 Å². The van der Waals surface area contributed by atoms with Gasteiger partial charge in [0, 0.05) is 18.1 Å². The van der Waals surface area contributed by atoms with Gasteiger partial charge in [0.1, 0.15) is 0 Å². The Morgan fingerprint density at radius 3 is 2.76 bits per heavy atom. The van der Waals surface area contributed by atoms with Crippen LogP contribution in [0, 0.1) is 5.92 Å². The van der Waals surface area contributed by atoms with E-state index in [9.17, 15) is 0 Å². The molecule has 0 saturated carbocycles. The molecule has 2 nitrogen and oxygen atoms in total. The van der Waals surface area contributed by atoms with Crippen LogP contribution in [-0.2, 0) is 6.42 Å². The third-order valence-corrected chi connectivity index (χ3v) is 4.80. The van der Waals surface area contributed by atoms with Crippen LogP contribution >= 0.6 is 0 Å². The Balaban J connectivity index is 1.77. The highest BCUT2D eigenvalue weighted by atomic mass is 15.2. The summed E-state index contributed by atoms with van der Waals surface area (Å²) in [5, 5.41) is 0. The quantitative estimate of drug-likeness (QED) is 0.842. The van der Waals surface area contributed by atoms with Gasteiger partial charge in [0.25, 0.3) is 0 Å². The van der Waals surface area contributed by atoms with E-state index in [1.165, 1.54) is 24.8 Å². The summed E-state index contributed by atoms with van der Waals surface area (Å²) >= 11 is 0. The van der Waals surface area contributed by atoms with Gasteiger partial charge in [-0.15, -0.1) is 0 Å². The Kier molecular flexibility index (Phi) is 2.93. The second-order valence-corrected chi connectivity index (χ2v) is 5.72. The number of rotatable bonds is 2. The third-order valence-electron chi connectivity index (χ3n) is 4.80.